The number of carbonyl (C=O) groups is 1. The van der Waals surface area contributed by atoms with Gasteiger partial charge in [-0.15, -0.1) is 0 Å². The Kier molecular flexibility index (Phi) is 2.96. The molecule has 98 valence electrons. The molecule has 0 aliphatic heterocycles. The van der Waals surface area contributed by atoms with Crippen LogP contribution in [0.25, 0.3) is 0 Å². The largest absolute Gasteiger partial charge is 0.391 e. The van der Waals surface area contributed by atoms with Crippen LogP contribution in [0.1, 0.15) is 22.8 Å². The quantitative estimate of drug-likeness (QED) is 0.794. The van der Waals surface area contributed by atoms with Gasteiger partial charge in [0.25, 0.3) is 5.91 Å². The molecule has 0 saturated heterocycles. The number of aliphatic hydroxyl groups is 1. The first kappa shape index (κ1) is 11.8. The number of aliphatic hydroxyl groups excluding tert-OH is 1. The molecule has 2 aromatic rings. The second-order valence-corrected chi connectivity index (χ2v) is 4.49. The Balaban J connectivity index is 1.69. The van der Waals surface area contributed by atoms with Crippen molar-refractivity contribution in [2.75, 3.05) is 0 Å². The molecular formula is C12H13N5O2. The molecule has 0 aromatic carbocycles. The van der Waals surface area contributed by atoms with Crippen molar-refractivity contribution in [3.05, 3.63) is 42.7 Å². The van der Waals surface area contributed by atoms with Gasteiger partial charge in [-0.1, -0.05) is 0 Å². The van der Waals surface area contributed by atoms with Crippen molar-refractivity contribution in [2.45, 2.75) is 24.6 Å². The van der Waals surface area contributed by atoms with E-state index in [9.17, 15) is 9.90 Å². The zero-order valence-electron chi connectivity index (χ0n) is 10.0. The van der Waals surface area contributed by atoms with E-state index in [1.165, 1.54) is 18.7 Å². The lowest BCUT2D eigenvalue weighted by atomic mass is 9.83. The first-order chi connectivity index (χ1) is 9.25. The van der Waals surface area contributed by atoms with Crippen molar-refractivity contribution in [1.29, 1.82) is 0 Å². The van der Waals surface area contributed by atoms with Crippen molar-refractivity contribution in [1.82, 2.24) is 25.1 Å². The maximum atomic E-state index is 12.0. The predicted octanol–water partition coefficient (Wildman–Crippen LogP) is -0.223. The lowest BCUT2D eigenvalue weighted by molar-refractivity contribution is -0.00589. The molecule has 2 heterocycles. The number of aromatic nitrogens is 4. The third-order valence-electron chi connectivity index (χ3n) is 3.27. The summed E-state index contributed by atoms with van der Waals surface area (Å²) in [5.74, 6) is -0.241. The van der Waals surface area contributed by atoms with E-state index in [2.05, 4.69) is 20.4 Å². The average molecular weight is 259 g/mol. The van der Waals surface area contributed by atoms with Crippen molar-refractivity contribution < 1.29 is 9.90 Å². The van der Waals surface area contributed by atoms with Crippen LogP contribution in [0.4, 0.5) is 0 Å². The maximum absolute atomic E-state index is 12.0. The number of carbonyl (C=O) groups excluding carboxylic acids is 1. The van der Waals surface area contributed by atoms with Gasteiger partial charge in [0.05, 0.1) is 23.8 Å². The molecule has 1 fully saturated rings. The fraction of sp³-hybridized carbons (Fsp3) is 0.333. The summed E-state index contributed by atoms with van der Waals surface area (Å²) in [4.78, 5) is 19.6. The van der Waals surface area contributed by atoms with Crippen LogP contribution >= 0.6 is 0 Å². The molecule has 0 bridgehead atoms. The summed E-state index contributed by atoms with van der Waals surface area (Å²) in [6, 6.07) is 1.43. The number of nitrogens with one attached hydrogen (secondary N) is 1. The van der Waals surface area contributed by atoms with Gasteiger partial charge in [0.1, 0.15) is 6.33 Å². The van der Waals surface area contributed by atoms with Crippen LogP contribution in [0, 0.1) is 0 Å². The van der Waals surface area contributed by atoms with Crippen LogP contribution in [-0.4, -0.2) is 42.9 Å². The van der Waals surface area contributed by atoms with Crippen molar-refractivity contribution >= 4 is 5.91 Å². The number of hydrogen-bond donors (Lipinski definition) is 2. The van der Waals surface area contributed by atoms with Crippen LogP contribution in [0.2, 0.25) is 0 Å². The summed E-state index contributed by atoms with van der Waals surface area (Å²) in [5.41, 5.74) is 0.406. The van der Waals surface area contributed by atoms with Crippen molar-refractivity contribution in [2.24, 2.45) is 0 Å². The molecular weight excluding hydrogens is 246 g/mol. The Hall–Kier alpha value is -2.28. The number of rotatable bonds is 3. The van der Waals surface area contributed by atoms with Gasteiger partial charge in [0.2, 0.25) is 0 Å². The molecule has 1 aliphatic rings. The highest BCUT2D eigenvalue weighted by Gasteiger charge is 2.42. The number of nitrogens with zero attached hydrogens (tertiary/aromatic N) is 4. The SMILES string of the molecule is O=C(N[C@H]1C[C@@H](O)[C@@H]1n1cccn1)c1cncnc1. The normalized spacial score (nSPS) is 25.6. The highest BCUT2D eigenvalue weighted by molar-refractivity contribution is 5.93. The highest BCUT2D eigenvalue weighted by atomic mass is 16.3. The van der Waals surface area contributed by atoms with Gasteiger partial charge in [-0.25, -0.2) is 9.97 Å². The van der Waals surface area contributed by atoms with Gasteiger partial charge in [-0.2, -0.15) is 5.10 Å². The van der Waals surface area contributed by atoms with Crippen molar-refractivity contribution in [3.63, 3.8) is 0 Å². The van der Waals surface area contributed by atoms with Crippen molar-refractivity contribution in [3.8, 4) is 0 Å². The molecule has 3 atom stereocenters. The molecule has 2 aromatic heterocycles. The van der Waals surface area contributed by atoms with Gasteiger partial charge in [-0.05, 0) is 12.5 Å². The topological polar surface area (TPSA) is 92.9 Å². The molecule has 2 N–H and O–H groups in total. The van der Waals surface area contributed by atoms with Gasteiger partial charge in [0, 0.05) is 24.8 Å². The highest BCUT2D eigenvalue weighted by Crippen LogP contribution is 2.32. The van der Waals surface area contributed by atoms with E-state index < -0.39 is 6.10 Å². The summed E-state index contributed by atoms with van der Waals surface area (Å²) in [7, 11) is 0. The Morgan fingerprint density at radius 2 is 2.21 bits per heavy atom. The maximum Gasteiger partial charge on any atom is 0.254 e. The molecule has 0 radical (unpaired) electrons. The lowest BCUT2D eigenvalue weighted by Gasteiger charge is -2.41. The van der Waals surface area contributed by atoms with E-state index in [1.807, 2.05) is 0 Å². The monoisotopic (exact) mass is 259 g/mol. The summed E-state index contributed by atoms with van der Waals surface area (Å²) >= 11 is 0. The zero-order chi connectivity index (χ0) is 13.2. The Morgan fingerprint density at radius 3 is 2.84 bits per heavy atom. The zero-order valence-corrected chi connectivity index (χ0v) is 10.0. The molecule has 0 unspecified atom stereocenters. The molecule has 1 saturated carbocycles. The van der Waals surface area contributed by atoms with Crippen LogP contribution in [0.3, 0.4) is 0 Å². The first-order valence-electron chi connectivity index (χ1n) is 5.99. The summed E-state index contributed by atoms with van der Waals surface area (Å²) < 4.78 is 1.67. The molecule has 3 rings (SSSR count). The summed E-state index contributed by atoms with van der Waals surface area (Å²) in [6.07, 6.45) is 7.74. The predicted molar refractivity (Wildman–Crippen MR) is 65.2 cm³/mol. The van der Waals surface area contributed by atoms with E-state index in [0.29, 0.717) is 12.0 Å². The van der Waals surface area contributed by atoms with Gasteiger partial charge < -0.3 is 10.4 Å². The molecule has 7 nitrogen and oxygen atoms in total. The third-order valence-corrected chi connectivity index (χ3v) is 3.27. The standard InChI is InChI=1S/C12H13N5O2/c18-10-4-9(11(10)17-3-1-2-15-17)16-12(19)8-5-13-7-14-6-8/h1-3,5-7,9-11,18H,4H2,(H,16,19)/t9-,10+,11+/m0/s1. The fourth-order valence-electron chi connectivity index (χ4n) is 2.24. The van der Waals surface area contributed by atoms with E-state index >= 15 is 0 Å². The summed E-state index contributed by atoms with van der Waals surface area (Å²) in [5, 5.41) is 16.8. The van der Waals surface area contributed by atoms with E-state index in [-0.39, 0.29) is 18.0 Å². The Morgan fingerprint density at radius 1 is 1.42 bits per heavy atom. The fourth-order valence-corrected chi connectivity index (χ4v) is 2.24. The molecule has 1 amide bonds. The van der Waals surface area contributed by atoms with Gasteiger partial charge in [0.15, 0.2) is 0 Å². The van der Waals surface area contributed by atoms with Crippen LogP contribution in [-0.2, 0) is 0 Å². The van der Waals surface area contributed by atoms with Gasteiger partial charge in [-0.3, -0.25) is 9.48 Å². The minimum absolute atomic E-state index is 0.136. The molecule has 1 aliphatic carbocycles. The second kappa shape index (κ2) is 4.77. The molecule has 0 spiro atoms. The third kappa shape index (κ3) is 2.19. The Labute approximate surface area is 109 Å². The minimum atomic E-state index is -0.489. The van der Waals surface area contributed by atoms with Crippen LogP contribution in [0.15, 0.2) is 37.2 Å². The Bertz CT molecular complexity index is 557. The van der Waals surface area contributed by atoms with Crippen LogP contribution < -0.4 is 5.32 Å². The number of hydrogen-bond acceptors (Lipinski definition) is 5. The average Bonchev–Trinajstić information content (AvgIpc) is 2.92. The van der Waals surface area contributed by atoms with E-state index in [0.717, 1.165) is 0 Å². The first-order valence-corrected chi connectivity index (χ1v) is 5.99. The van der Waals surface area contributed by atoms with E-state index in [4.69, 9.17) is 0 Å². The molecule has 19 heavy (non-hydrogen) atoms. The van der Waals surface area contributed by atoms with Crippen LogP contribution in [0.5, 0.6) is 0 Å². The molecule has 7 heteroatoms. The lowest BCUT2D eigenvalue weighted by Crippen LogP contribution is -2.56. The van der Waals surface area contributed by atoms with E-state index in [1.54, 1.807) is 23.1 Å². The number of amides is 1. The smallest absolute Gasteiger partial charge is 0.254 e. The van der Waals surface area contributed by atoms with Gasteiger partial charge >= 0.3 is 0 Å². The second-order valence-electron chi connectivity index (χ2n) is 4.49. The summed E-state index contributed by atoms with van der Waals surface area (Å²) in [6.45, 7) is 0. The minimum Gasteiger partial charge on any atom is -0.391 e.